The predicted molar refractivity (Wildman–Crippen MR) is 52.9 cm³/mol. The molecule has 1 aromatic rings. The Kier molecular flexibility index (Phi) is 4.47. The zero-order chi connectivity index (χ0) is 11.3. The molecule has 0 unspecified atom stereocenters. The quantitative estimate of drug-likeness (QED) is 0.742. The third kappa shape index (κ3) is 2.89. The summed E-state index contributed by atoms with van der Waals surface area (Å²) in [6.07, 6.45) is 0. The van der Waals surface area contributed by atoms with Crippen LogP contribution in [0.25, 0.3) is 0 Å². The maximum atomic E-state index is 12.1. The summed E-state index contributed by atoms with van der Waals surface area (Å²) in [5, 5.41) is 12.3. The standard InChI is InChI=1S/C8H14NO5P/c1-3-12-15(11,13-4-2)8-5-7(6-10)14-9-8/h5,10H,3-4,6H2,1-2H3. The van der Waals surface area contributed by atoms with E-state index in [9.17, 15) is 4.57 Å². The van der Waals surface area contributed by atoms with Crippen molar-refractivity contribution in [3.63, 3.8) is 0 Å². The summed E-state index contributed by atoms with van der Waals surface area (Å²) in [7, 11) is -3.38. The molecular formula is C8H14NO5P. The fourth-order valence-corrected chi connectivity index (χ4v) is 2.48. The second-order valence-electron chi connectivity index (χ2n) is 2.64. The molecule has 1 heterocycles. The summed E-state index contributed by atoms with van der Waals surface area (Å²) in [5.74, 6) is 0.227. The molecule has 1 aromatic heterocycles. The van der Waals surface area contributed by atoms with E-state index < -0.39 is 7.60 Å². The molecule has 6 nitrogen and oxygen atoms in total. The lowest BCUT2D eigenvalue weighted by atomic mass is 10.5. The topological polar surface area (TPSA) is 81.8 Å². The van der Waals surface area contributed by atoms with E-state index in [1.807, 2.05) is 0 Å². The zero-order valence-corrected chi connectivity index (χ0v) is 9.57. The summed E-state index contributed by atoms with van der Waals surface area (Å²) in [4.78, 5) is 0. The van der Waals surface area contributed by atoms with E-state index in [0.29, 0.717) is 0 Å². The molecule has 0 amide bonds. The van der Waals surface area contributed by atoms with Gasteiger partial charge in [0.2, 0.25) is 0 Å². The van der Waals surface area contributed by atoms with Gasteiger partial charge in [0, 0.05) is 6.07 Å². The fraction of sp³-hybridized carbons (Fsp3) is 0.625. The van der Waals surface area contributed by atoms with Crippen molar-refractivity contribution < 1.29 is 23.2 Å². The van der Waals surface area contributed by atoms with Gasteiger partial charge < -0.3 is 18.7 Å². The normalized spacial score (nSPS) is 11.9. The maximum Gasteiger partial charge on any atom is 0.383 e. The molecular weight excluding hydrogens is 221 g/mol. The van der Waals surface area contributed by atoms with E-state index in [1.165, 1.54) is 6.07 Å². The van der Waals surface area contributed by atoms with Gasteiger partial charge in [-0.1, -0.05) is 5.16 Å². The minimum absolute atomic E-state index is 0.0928. The molecule has 0 saturated carbocycles. The molecule has 1 rings (SSSR count). The average molecular weight is 235 g/mol. The maximum absolute atomic E-state index is 12.1. The van der Waals surface area contributed by atoms with Gasteiger partial charge in [0.05, 0.1) is 13.2 Å². The third-order valence-corrected chi connectivity index (χ3v) is 3.55. The van der Waals surface area contributed by atoms with Crippen LogP contribution in [0.4, 0.5) is 0 Å². The highest BCUT2D eigenvalue weighted by Crippen LogP contribution is 2.46. The van der Waals surface area contributed by atoms with E-state index in [2.05, 4.69) is 5.16 Å². The first-order valence-corrected chi connectivity index (χ1v) is 6.16. The lowest BCUT2D eigenvalue weighted by Gasteiger charge is -2.13. The molecule has 86 valence electrons. The Morgan fingerprint density at radius 1 is 1.47 bits per heavy atom. The average Bonchev–Trinajstić information content (AvgIpc) is 2.67. The second kappa shape index (κ2) is 5.42. The van der Waals surface area contributed by atoms with Gasteiger partial charge in [-0.15, -0.1) is 0 Å². The first-order valence-electron chi connectivity index (χ1n) is 4.62. The Balaban J connectivity index is 2.93. The van der Waals surface area contributed by atoms with Gasteiger partial charge in [-0.2, -0.15) is 0 Å². The predicted octanol–water partition coefficient (Wildman–Crippen LogP) is 1.06. The lowest BCUT2D eigenvalue weighted by Crippen LogP contribution is -2.11. The lowest BCUT2D eigenvalue weighted by molar-refractivity contribution is 0.223. The van der Waals surface area contributed by atoms with E-state index in [1.54, 1.807) is 13.8 Å². The van der Waals surface area contributed by atoms with Crippen LogP contribution < -0.4 is 5.44 Å². The number of hydrogen-bond donors (Lipinski definition) is 1. The second-order valence-corrected chi connectivity index (χ2v) is 4.61. The largest absolute Gasteiger partial charge is 0.388 e. The number of hydrogen-bond acceptors (Lipinski definition) is 6. The Hall–Kier alpha value is -0.680. The van der Waals surface area contributed by atoms with Gasteiger partial charge in [-0.3, -0.25) is 4.57 Å². The van der Waals surface area contributed by atoms with Crippen molar-refractivity contribution in [2.24, 2.45) is 0 Å². The summed E-state index contributed by atoms with van der Waals surface area (Å²) >= 11 is 0. The van der Waals surface area contributed by atoms with Crippen molar-refractivity contribution in [2.75, 3.05) is 13.2 Å². The molecule has 0 radical (unpaired) electrons. The van der Waals surface area contributed by atoms with E-state index >= 15 is 0 Å². The molecule has 0 aromatic carbocycles. The minimum atomic E-state index is -3.38. The molecule has 0 bridgehead atoms. The third-order valence-electron chi connectivity index (χ3n) is 1.58. The Labute approximate surface area is 87.7 Å². The zero-order valence-electron chi connectivity index (χ0n) is 8.67. The van der Waals surface area contributed by atoms with Crippen LogP contribution >= 0.6 is 7.60 Å². The number of aliphatic hydroxyl groups excluding tert-OH is 1. The Morgan fingerprint density at radius 2 is 2.07 bits per heavy atom. The smallest absolute Gasteiger partial charge is 0.383 e. The molecule has 0 aliphatic rings. The molecule has 0 aliphatic carbocycles. The number of aliphatic hydroxyl groups is 1. The SMILES string of the molecule is CCOP(=O)(OCC)c1cc(CO)on1. The molecule has 0 atom stereocenters. The number of nitrogens with zero attached hydrogens (tertiary/aromatic N) is 1. The van der Waals surface area contributed by atoms with Crippen molar-refractivity contribution in [1.82, 2.24) is 5.16 Å². The first kappa shape index (κ1) is 12.4. The van der Waals surface area contributed by atoms with Crippen LogP contribution in [-0.4, -0.2) is 23.5 Å². The summed E-state index contributed by atoms with van der Waals surface area (Å²) in [6.45, 7) is 3.61. The van der Waals surface area contributed by atoms with Gasteiger partial charge in [-0.05, 0) is 13.8 Å². The molecule has 15 heavy (non-hydrogen) atoms. The van der Waals surface area contributed by atoms with Crippen LogP contribution in [0.3, 0.4) is 0 Å². The van der Waals surface area contributed by atoms with E-state index in [0.717, 1.165) is 0 Å². The Bertz CT molecular complexity index is 341. The highest BCUT2D eigenvalue weighted by molar-refractivity contribution is 7.61. The van der Waals surface area contributed by atoms with Crippen molar-refractivity contribution in [2.45, 2.75) is 20.5 Å². The van der Waals surface area contributed by atoms with Gasteiger partial charge in [0.25, 0.3) is 0 Å². The molecule has 0 fully saturated rings. The van der Waals surface area contributed by atoms with Gasteiger partial charge >= 0.3 is 7.60 Å². The number of aromatic nitrogens is 1. The van der Waals surface area contributed by atoms with Crippen LogP contribution in [0.5, 0.6) is 0 Å². The van der Waals surface area contributed by atoms with Crippen molar-refractivity contribution >= 4 is 13.0 Å². The van der Waals surface area contributed by atoms with Crippen LogP contribution in [0, 0.1) is 0 Å². The van der Waals surface area contributed by atoms with E-state index in [4.69, 9.17) is 18.7 Å². The summed E-state index contributed by atoms with van der Waals surface area (Å²) in [5.41, 5.74) is 0.0928. The highest BCUT2D eigenvalue weighted by Gasteiger charge is 2.30. The Morgan fingerprint density at radius 3 is 2.47 bits per heavy atom. The highest BCUT2D eigenvalue weighted by atomic mass is 31.2. The fourth-order valence-electron chi connectivity index (χ4n) is 1.02. The van der Waals surface area contributed by atoms with Crippen LogP contribution in [-0.2, 0) is 20.2 Å². The molecule has 0 aliphatic heterocycles. The van der Waals surface area contributed by atoms with Gasteiger partial charge in [0.1, 0.15) is 6.61 Å². The number of rotatable bonds is 6. The van der Waals surface area contributed by atoms with E-state index in [-0.39, 0.29) is 31.0 Å². The van der Waals surface area contributed by atoms with Crippen LogP contribution in [0.15, 0.2) is 10.6 Å². The van der Waals surface area contributed by atoms with Crippen LogP contribution in [0.1, 0.15) is 19.6 Å². The minimum Gasteiger partial charge on any atom is -0.388 e. The van der Waals surface area contributed by atoms with Crippen LogP contribution in [0.2, 0.25) is 0 Å². The van der Waals surface area contributed by atoms with Crippen molar-refractivity contribution in [3.8, 4) is 0 Å². The molecule has 1 N–H and O–H groups in total. The molecule has 0 spiro atoms. The summed E-state index contributed by atoms with van der Waals surface area (Å²) < 4.78 is 26.9. The van der Waals surface area contributed by atoms with Gasteiger partial charge in [0.15, 0.2) is 11.2 Å². The first-order chi connectivity index (χ1) is 7.16. The molecule has 0 saturated heterocycles. The monoisotopic (exact) mass is 235 g/mol. The van der Waals surface area contributed by atoms with Crippen molar-refractivity contribution in [1.29, 1.82) is 0 Å². The molecule has 7 heteroatoms. The summed E-state index contributed by atoms with van der Waals surface area (Å²) in [6, 6.07) is 1.37. The van der Waals surface area contributed by atoms with Gasteiger partial charge in [-0.25, -0.2) is 0 Å². The van der Waals surface area contributed by atoms with Crippen molar-refractivity contribution in [3.05, 3.63) is 11.8 Å².